The van der Waals surface area contributed by atoms with Crippen LogP contribution in [0.3, 0.4) is 0 Å². The van der Waals surface area contributed by atoms with Crippen LogP contribution in [0.2, 0.25) is 0 Å². The lowest BCUT2D eigenvalue weighted by molar-refractivity contribution is 0.0258. The van der Waals surface area contributed by atoms with Crippen molar-refractivity contribution in [3.8, 4) is 11.4 Å². The topological polar surface area (TPSA) is 105 Å². The fourth-order valence-corrected chi connectivity index (χ4v) is 4.78. The predicted molar refractivity (Wildman–Crippen MR) is 141 cm³/mol. The van der Waals surface area contributed by atoms with Crippen molar-refractivity contribution in [2.75, 3.05) is 64.0 Å². The van der Waals surface area contributed by atoms with Gasteiger partial charge in [-0.3, -0.25) is 10.3 Å². The van der Waals surface area contributed by atoms with E-state index < -0.39 is 0 Å². The van der Waals surface area contributed by atoms with Crippen molar-refractivity contribution >= 4 is 17.7 Å². The maximum atomic E-state index is 13.8. The average Bonchev–Trinajstić information content (AvgIpc) is 3.42. The molecule has 2 aliphatic heterocycles. The molecule has 5 rings (SSSR count). The number of rotatable bonds is 7. The molecule has 1 unspecified atom stereocenters. The average molecular weight is 506 g/mol. The minimum absolute atomic E-state index is 0.184. The van der Waals surface area contributed by atoms with Gasteiger partial charge in [0.05, 0.1) is 43.4 Å². The Bertz CT molecular complexity index is 1240. The van der Waals surface area contributed by atoms with Gasteiger partial charge >= 0.3 is 0 Å². The lowest BCUT2D eigenvalue weighted by atomic mass is 10.0. The van der Waals surface area contributed by atoms with Gasteiger partial charge in [-0.15, -0.1) is 0 Å². The Morgan fingerprint density at radius 3 is 2.81 bits per heavy atom. The second kappa shape index (κ2) is 11.6. The molecule has 0 radical (unpaired) electrons. The molecule has 1 aromatic carbocycles. The van der Waals surface area contributed by atoms with Crippen molar-refractivity contribution < 1.29 is 14.2 Å². The Morgan fingerprint density at radius 2 is 2.00 bits per heavy atom. The molecule has 0 amide bonds. The predicted octanol–water partition coefficient (Wildman–Crippen LogP) is 2.79. The number of β-amino-alcohol motifs (C(OH)–C–C–N with tert-alkyl or cyclic N) is 1. The summed E-state index contributed by atoms with van der Waals surface area (Å²) in [5, 5.41) is 17.8. The van der Waals surface area contributed by atoms with Gasteiger partial charge < -0.3 is 24.6 Å². The number of benzene rings is 1. The normalized spacial score (nSPS) is 19.0. The molecule has 2 aromatic heterocycles. The first-order valence-corrected chi connectivity index (χ1v) is 12.6. The zero-order chi connectivity index (χ0) is 25.6. The maximum absolute atomic E-state index is 13.8. The van der Waals surface area contributed by atoms with Crippen LogP contribution in [-0.4, -0.2) is 94.8 Å². The second-order valence-corrected chi connectivity index (χ2v) is 9.17. The van der Waals surface area contributed by atoms with Gasteiger partial charge in [-0.2, -0.15) is 0 Å². The van der Waals surface area contributed by atoms with E-state index in [-0.39, 0.29) is 18.5 Å². The zero-order valence-electron chi connectivity index (χ0n) is 20.7. The number of aromatic amines is 1. The van der Waals surface area contributed by atoms with E-state index in [2.05, 4.69) is 19.8 Å². The molecule has 0 spiro atoms. The number of piperazine rings is 1. The van der Waals surface area contributed by atoms with Gasteiger partial charge in [0, 0.05) is 39.3 Å². The molecule has 194 valence electrons. The summed E-state index contributed by atoms with van der Waals surface area (Å²) >= 11 is 0. The van der Waals surface area contributed by atoms with E-state index in [0.29, 0.717) is 38.0 Å². The van der Waals surface area contributed by atoms with Crippen LogP contribution in [0.5, 0.6) is 0 Å². The molecule has 37 heavy (non-hydrogen) atoms. The van der Waals surface area contributed by atoms with Crippen molar-refractivity contribution in [1.82, 2.24) is 24.8 Å². The molecule has 2 aliphatic rings. The van der Waals surface area contributed by atoms with E-state index in [4.69, 9.17) is 20.2 Å². The first-order valence-electron chi connectivity index (χ1n) is 12.6. The summed E-state index contributed by atoms with van der Waals surface area (Å²) in [6.07, 6.45) is 5.23. The van der Waals surface area contributed by atoms with Gasteiger partial charge in [0.2, 0.25) is 0 Å². The molecule has 3 N–H and O–H groups in total. The number of imidazole rings is 1. The summed E-state index contributed by atoms with van der Waals surface area (Å²) in [7, 11) is 0. The number of anilines is 1. The number of nitrogens with zero attached hydrogens (tertiary/aromatic N) is 5. The Balaban J connectivity index is 1.25. The number of morpholine rings is 1. The number of amidine groups is 1. The van der Waals surface area contributed by atoms with Crippen LogP contribution in [0.1, 0.15) is 17.4 Å². The van der Waals surface area contributed by atoms with Crippen molar-refractivity contribution in [1.29, 1.82) is 5.41 Å². The number of aliphatic hydroxyl groups is 1. The molecule has 1 atom stereocenters. The molecule has 2 saturated heterocycles. The third-order valence-electron chi connectivity index (χ3n) is 6.79. The SMILES string of the molecule is N=C(C=Cc1ncc(-c2cccc(N3CCN(CCO)CC3)n2)[nH]1)N1CCOCC1c1cccc(F)c1. The van der Waals surface area contributed by atoms with Crippen LogP contribution in [0.4, 0.5) is 10.2 Å². The first-order chi connectivity index (χ1) is 18.1. The summed E-state index contributed by atoms with van der Waals surface area (Å²) < 4.78 is 19.4. The molecule has 0 saturated carbocycles. The number of aromatic nitrogens is 3. The smallest absolute Gasteiger partial charge is 0.130 e. The number of H-pyrrole nitrogens is 1. The van der Waals surface area contributed by atoms with E-state index >= 15 is 0 Å². The van der Waals surface area contributed by atoms with Crippen LogP contribution in [0.25, 0.3) is 17.5 Å². The molecule has 0 bridgehead atoms. The minimum Gasteiger partial charge on any atom is -0.395 e. The number of ether oxygens (including phenoxy) is 1. The fraction of sp³-hybridized carbons (Fsp3) is 0.370. The van der Waals surface area contributed by atoms with Gasteiger partial charge in [0.1, 0.15) is 23.3 Å². The quantitative estimate of drug-likeness (QED) is 0.335. The summed E-state index contributed by atoms with van der Waals surface area (Å²) in [6, 6.07) is 12.2. The van der Waals surface area contributed by atoms with E-state index in [1.165, 1.54) is 12.1 Å². The van der Waals surface area contributed by atoms with Gasteiger partial charge in [-0.25, -0.2) is 14.4 Å². The Morgan fingerprint density at radius 1 is 1.16 bits per heavy atom. The van der Waals surface area contributed by atoms with Gasteiger partial charge in [-0.05, 0) is 42.0 Å². The largest absolute Gasteiger partial charge is 0.395 e. The molecule has 3 aromatic rings. The third-order valence-corrected chi connectivity index (χ3v) is 6.79. The summed E-state index contributed by atoms with van der Waals surface area (Å²) in [6.45, 7) is 5.92. The van der Waals surface area contributed by atoms with Gasteiger partial charge in [0.15, 0.2) is 0 Å². The van der Waals surface area contributed by atoms with E-state index in [0.717, 1.165) is 48.9 Å². The number of hydrogen-bond acceptors (Lipinski definition) is 7. The highest BCUT2D eigenvalue weighted by atomic mass is 19.1. The number of aliphatic hydroxyl groups excluding tert-OH is 1. The highest BCUT2D eigenvalue weighted by molar-refractivity contribution is 5.94. The summed E-state index contributed by atoms with van der Waals surface area (Å²) in [5.41, 5.74) is 2.40. The molecule has 2 fully saturated rings. The van der Waals surface area contributed by atoms with E-state index in [9.17, 15) is 4.39 Å². The lowest BCUT2D eigenvalue weighted by Crippen LogP contribution is -2.47. The molecule has 0 aliphatic carbocycles. The van der Waals surface area contributed by atoms with Crippen LogP contribution < -0.4 is 4.90 Å². The standard InChI is InChI=1S/C27H32FN7O2/c28-21-4-1-3-20(17-21)24-19-37-16-14-35(24)25(29)7-8-26-30-18-23(31-26)22-5-2-6-27(32-22)34-11-9-33(10-12-34)13-15-36/h1-8,17-18,24,29,36H,9-16,19H2,(H,30,31). The zero-order valence-corrected chi connectivity index (χ0v) is 20.7. The van der Waals surface area contributed by atoms with Crippen molar-refractivity contribution in [2.45, 2.75) is 6.04 Å². The molecular formula is C27H32FN7O2. The van der Waals surface area contributed by atoms with Crippen LogP contribution >= 0.6 is 0 Å². The van der Waals surface area contributed by atoms with Crippen molar-refractivity contribution in [3.63, 3.8) is 0 Å². The second-order valence-electron chi connectivity index (χ2n) is 9.17. The minimum atomic E-state index is -0.296. The first kappa shape index (κ1) is 25.1. The maximum Gasteiger partial charge on any atom is 0.130 e. The Kier molecular flexibility index (Phi) is 7.88. The Hall–Kier alpha value is -3.60. The van der Waals surface area contributed by atoms with Crippen LogP contribution in [0.15, 0.2) is 54.7 Å². The van der Waals surface area contributed by atoms with E-state index in [1.54, 1.807) is 24.4 Å². The number of nitrogens with one attached hydrogen (secondary N) is 2. The summed E-state index contributed by atoms with van der Waals surface area (Å²) in [4.78, 5) is 19.0. The highest BCUT2D eigenvalue weighted by Crippen LogP contribution is 2.26. The fourth-order valence-electron chi connectivity index (χ4n) is 4.78. The number of halogens is 1. The van der Waals surface area contributed by atoms with Crippen molar-refractivity contribution in [3.05, 3.63) is 71.9 Å². The lowest BCUT2D eigenvalue weighted by Gasteiger charge is -2.36. The number of hydrogen-bond donors (Lipinski definition) is 3. The van der Waals surface area contributed by atoms with Crippen LogP contribution in [-0.2, 0) is 4.74 Å². The highest BCUT2D eigenvalue weighted by Gasteiger charge is 2.26. The van der Waals surface area contributed by atoms with Gasteiger partial charge in [-0.1, -0.05) is 18.2 Å². The summed E-state index contributed by atoms with van der Waals surface area (Å²) in [5.74, 6) is 1.57. The Labute approximate surface area is 215 Å². The van der Waals surface area contributed by atoms with Crippen LogP contribution in [0, 0.1) is 11.2 Å². The third kappa shape index (κ3) is 6.04. The van der Waals surface area contributed by atoms with E-state index in [1.807, 2.05) is 29.2 Å². The molecular weight excluding hydrogens is 473 g/mol. The molecule has 9 nitrogen and oxygen atoms in total. The molecule has 10 heteroatoms. The monoisotopic (exact) mass is 505 g/mol. The molecule has 4 heterocycles. The van der Waals surface area contributed by atoms with Crippen molar-refractivity contribution in [2.24, 2.45) is 0 Å². The van der Waals surface area contributed by atoms with Gasteiger partial charge in [0.25, 0.3) is 0 Å². The number of pyridine rings is 1.